The van der Waals surface area contributed by atoms with Gasteiger partial charge in [0.05, 0.1) is 10.5 Å². The number of hydrazine groups is 1. The maximum absolute atomic E-state index is 12.5. The number of carboxylic acids is 1. The average Bonchev–Trinajstić information content (AvgIpc) is 2.59. The molecular formula is C15H11N3O7. The third-order valence-corrected chi connectivity index (χ3v) is 3.42. The minimum Gasteiger partial charge on any atom is -0.474 e. The van der Waals surface area contributed by atoms with E-state index in [4.69, 9.17) is 0 Å². The number of carbonyl (C=O) groups is 2. The third kappa shape index (κ3) is 2.87. The summed E-state index contributed by atoms with van der Waals surface area (Å²) < 4.78 is 0. The number of hydrogen-bond acceptors (Lipinski definition) is 6. The summed E-state index contributed by atoms with van der Waals surface area (Å²) in [7, 11) is 0. The molecule has 10 heteroatoms. The van der Waals surface area contributed by atoms with Crippen molar-refractivity contribution in [1.82, 2.24) is 5.01 Å². The van der Waals surface area contributed by atoms with Gasteiger partial charge in [0.15, 0.2) is 5.03 Å². The van der Waals surface area contributed by atoms with Crippen LogP contribution < -0.4 is 0 Å². The number of benzene rings is 2. The van der Waals surface area contributed by atoms with E-state index < -0.39 is 38.1 Å². The number of amides is 1. The molecule has 0 heterocycles. The van der Waals surface area contributed by atoms with E-state index in [0.717, 1.165) is 12.1 Å². The molecule has 0 aliphatic carbocycles. The molecule has 0 aromatic heterocycles. The van der Waals surface area contributed by atoms with Crippen molar-refractivity contribution in [1.29, 1.82) is 0 Å². The fourth-order valence-corrected chi connectivity index (χ4v) is 2.31. The minimum absolute atomic E-state index is 0.261. The van der Waals surface area contributed by atoms with Crippen molar-refractivity contribution in [3.8, 4) is 0 Å². The van der Waals surface area contributed by atoms with E-state index in [1.165, 1.54) is 48.5 Å². The summed E-state index contributed by atoms with van der Waals surface area (Å²) in [4.78, 5) is 46.1. The Hall–Kier alpha value is -3.82. The largest absolute Gasteiger partial charge is 0.474 e. The summed E-state index contributed by atoms with van der Waals surface area (Å²) in [6.45, 7) is 0. The zero-order valence-electron chi connectivity index (χ0n) is 12.5. The monoisotopic (exact) mass is 345 g/mol. The van der Waals surface area contributed by atoms with Gasteiger partial charge in [0.1, 0.15) is 0 Å². The lowest BCUT2D eigenvalue weighted by atomic mass is 9.98. The van der Waals surface area contributed by atoms with Gasteiger partial charge in [0.2, 0.25) is 0 Å². The SMILES string of the molecule is O=C(c1ccccc1)N([N+](=O)[O-])C(C(=O)O)(c1ccccc1)[N+](=O)[O-]. The van der Waals surface area contributed by atoms with Crippen molar-refractivity contribution in [3.05, 3.63) is 92.0 Å². The fourth-order valence-electron chi connectivity index (χ4n) is 2.31. The highest BCUT2D eigenvalue weighted by Gasteiger charge is 2.67. The summed E-state index contributed by atoms with van der Waals surface area (Å²) >= 11 is 0. The standard InChI is InChI=1S/C15H11N3O7/c19-13(11-7-3-1-4-8-11)16(18(24)25)15(14(20)21,17(22)23)12-9-5-2-6-10-12/h1-10H,(H,20,21). The van der Waals surface area contributed by atoms with Crippen molar-refractivity contribution >= 4 is 11.9 Å². The smallest absolute Gasteiger partial charge is 0.473 e. The van der Waals surface area contributed by atoms with E-state index in [1.807, 2.05) is 0 Å². The van der Waals surface area contributed by atoms with Gasteiger partial charge >= 0.3 is 17.5 Å². The third-order valence-electron chi connectivity index (χ3n) is 3.42. The number of nitro groups is 2. The van der Waals surface area contributed by atoms with E-state index in [-0.39, 0.29) is 5.56 Å². The Labute approximate surface area is 140 Å². The van der Waals surface area contributed by atoms with Gasteiger partial charge in [-0.25, -0.2) is 14.9 Å². The first-order chi connectivity index (χ1) is 11.8. The molecule has 0 radical (unpaired) electrons. The van der Waals surface area contributed by atoms with Gasteiger partial charge in [0.25, 0.3) is 0 Å². The van der Waals surface area contributed by atoms with Gasteiger partial charge in [-0.3, -0.25) is 14.9 Å². The van der Waals surface area contributed by atoms with Crippen LogP contribution in [0.15, 0.2) is 60.7 Å². The molecule has 0 spiro atoms. The normalized spacial score (nSPS) is 12.6. The number of hydrogen-bond donors (Lipinski definition) is 1. The van der Waals surface area contributed by atoms with Crippen molar-refractivity contribution in [3.63, 3.8) is 0 Å². The Morgan fingerprint density at radius 1 is 0.920 bits per heavy atom. The maximum Gasteiger partial charge on any atom is 0.473 e. The molecule has 1 unspecified atom stereocenters. The van der Waals surface area contributed by atoms with Gasteiger partial charge in [-0.15, -0.1) is 0 Å². The van der Waals surface area contributed by atoms with Crippen LogP contribution >= 0.6 is 0 Å². The molecule has 128 valence electrons. The van der Waals surface area contributed by atoms with Crippen LogP contribution in [0.5, 0.6) is 0 Å². The van der Waals surface area contributed by atoms with Crippen LogP contribution in [0.2, 0.25) is 0 Å². The predicted octanol–water partition coefficient (Wildman–Crippen LogP) is 1.53. The second-order valence-corrected chi connectivity index (χ2v) is 4.82. The molecular weight excluding hydrogens is 334 g/mol. The lowest BCUT2D eigenvalue weighted by Crippen LogP contribution is -2.61. The molecule has 2 aromatic carbocycles. The molecule has 0 aliphatic heterocycles. The summed E-state index contributed by atoms with van der Waals surface area (Å²) in [5, 5.41) is 30.8. The first kappa shape index (κ1) is 17.5. The molecule has 0 saturated carbocycles. The summed E-state index contributed by atoms with van der Waals surface area (Å²) in [5.41, 5.74) is -4.21. The highest BCUT2D eigenvalue weighted by molar-refractivity contribution is 5.96. The quantitative estimate of drug-likeness (QED) is 0.475. The van der Waals surface area contributed by atoms with Crippen molar-refractivity contribution in [2.75, 3.05) is 0 Å². The van der Waals surface area contributed by atoms with Crippen molar-refractivity contribution in [2.45, 2.75) is 5.66 Å². The highest BCUT2D eigenvalue weighted by Crippen LogP contribution is 2.31. The molecule has 2 aromatic rings. The molecule has 1 amide bonds. The Bertz CT molecular complexity index is 810. The second kappa shape index (κ2) is 6.74. The van der Waals surface area contributed by atoms with Gasteiger partial charge < -0.3 is 5.11 Å². The van der Waals surface area contributed by atoms with Crippen LogP contribution in [0.25, 0.3) is 0 Å². The molecule has 0 saturated heterocycles. The summed E-state index contributed by atoms with van der Waals surface area (Å²) in [6, 6.07) is 12.8. The van der Waals surface area contributed by atoms with Crippen molar-refractivity contribution < 1.29 is 24.7 Å². The second-order valence-electron chi connectivity index (χ2n) is 4.82. The first-order valence-corrected chi connectivity index (χ1v) is 6.80. The molecule has 0 aliphatic rings. The van der Waals surface area contributed by atoms with Gasteiger partial charge in [-0.2, -0.15) is 0 Å². The van der Waals surface area contributed by atoms with Gasteiger partial charge in [-0.05, 0) is 24.3 Å². The lowest BCUT2D eigenvalue weighted by Gasteiger charge is -2.25. The van der Waals surface area contributed by atoms with Crippen LogP contribution in [0, 0.1) is 20.2 Å². The van der Waals surface area contributed by atoms with Crippen LogP contribution in [-0.4, -0.2) is 31.9 Å². The topological polar surface area (TPSA) is 144 Å². The zero-order chi connectivity index (χ0) is 18.6. The van der Waals surface area contributed by atoms with E-state index in [0.29, 0.717) is 0 Å². The number of nitrogens with zero attached hydrogens (tertiary/aromatic N) is 3. The predicted molar refractivity (Wildman–Crippen MR) is 82.4 cm³/mol. The number of carbonyl (C=O) groups excluding carboxylic acids is 1. The van der Waals surface area contributed by atoms with E-state index in [1.54, 1.807) is 0 Å². The number of carboxylic acid groups (broad SMARTS) is 1. The summed E-state index contributed by atoms with van der Waals surface area (Å²) in [6.07, 6.45) is 0. The number of rotatable bonds is 6. The van der Waals surface area contributed by atoms with E-state index >= 15 is 0 Å². The van der Waals surface area contributed by atoms with E-state index in [2.05, 4.69) is 0 Å². The molecule has 25 heavy (non-hydrogen) atoms. The Balaban J connectivity index is 2.76. The zero-order valence-corrected chi connectivity index (χ0v) is 12.5. The molecule has 1 atom stereocenters. The Morgan fingerprint density at radius 3 is 1.80 bits per heavy atom. The van der Waals surface area contributed by atoms with Crippen LogP contribution in [-0.2, 0) is 10.5 Å². The van der Waals surface area contributed by atoms with Crippen LogP contribution in [0.3, 0.4) is 0 Å². The maximum atomic E-state index is 12.5. The highest BCUT2D eigenvalue weighted by atomic mass is 16.7. The first-order valence-electron chi connectivity index (χ1n) is 6.80. The minimum atomic E-state index is -3.42. The van der Waals surface area contributed by atoms with Gasteiger partial charge in [0, 0.05) is 10.6 Å². The molecule has 0 fully saturated rings. The molecule has 0 bridgehead atoms. The van der Waals surface area contributed by atoms with Gasteiger partial charge in [-0.1, -0.05) is 36.4 Å². The average molecular weight is 345 g/mol. The lowest BCUT2D eigenvalue weighted by molar-refractivity contribution is -0.738. The van der Waals surface area contributed by atoms with Crippen molar-refractivity contribution in [2.24, 2.45) is 0 Å². The molecule has 10 nitrogen and oxygen atoms in total. The molecule has 2 rings (SSSR count). The van der Waals surface area contributed by atoms with E-state index in [9.17, 15) is 34.9 Å². The Kier molecular flexibility index (Phi) is 4.73. The van der Waals surface area contributed by atoms with Crippen LogP contribution in [0.1, 0.15) is 15.9 Å². The number of aliphatic carboxylic acids is 1. The summed E-state index contributed by atoms with van der Waals surface area (Å²) in [5.74, 6) is -3.58. The van der Waals surface area contributed by atoms with Crippen LogP contribution in [0.4, 0.5) is 0 Å². The fraction of sp³-hybridized carbons (Fsp3) is 0.0667. The Morgan fingerprint density at radius 2 is 1.40 bits per heavy atom. The molecule has 1 N–H and O–H groups in total.